The van der Waals surface area contributed by atoms with Crippen molar-refractivity contribution in [2.75, 3.05) is 204 Å². The number of likely N-dealkylation sites (N-methyl/N-ethyl adjacent to an activating group) is 4. The van der Waals surface area contributed by atoms with Gasteiger partial charge in [0, 0.05) is 183 Å². The van der Waals surface area contributed by atoms with E-state index in [1.165, 1.54) is 36.4 Å². The third kappa shape index (κ3) is 20.6. The van der Waals surface area contributed by atoms with Crippen LogP contribution >= 0.6 is 0 Å². The molecular formula is C86H95F3N24O6. The summed E-state index contributed by atoms with van der Waals surface area (Å²) in [7, 11) is 14.1. The Bertz CT molecular complexity index is 5470. The zero-order valence-electron chi connectivity index (χ0n) is 67.3. The van der Waals surface area contributed by atoms with E-state index in [1.54, 1.807) is 91.0 Å². The maximum Gasteiger partial charge on any atom is 0.247 e. The minimum absolute atomic E-state index is 0.243. The predicted octanol–water partition coefficient (Wildman–Crippen LogP) is 13.5. The van der Waals surface area contributed by atoms with Crippen LogP contribution in [0.25, 0.3) is 33.1 Å². The van der Waals surface area contributed by atoms with Crippen molar-refractivity contribution in [2.45, 2.75) is 6.42 Å². The second-order valence-corrected chi connectivity index (χ2v) is 29.5. The molecule has 12 aromatic rings. The van der Waals surface area contributed by atoms with Crippen molar-refractivity contribution in [3.05, 3.63) is 207 Å². The number of carbonyl (C=O) groups excluding carboxylic acids is 3. The van der Waals surface area contributed by atoms with Gasteiger partial charge < -0.3 is 105 Å². The molecule has 6 aromatic heterocycles. The molecular weight excluding hydrogens is 1520 g/mol. The number of ether oxygens (including phenoxy) is 3. The Morgan fingerprint density at radius 2 is 0.748 bits per heavy atom. The summed E-state index contributed by atoms with van der Waals surface area (Å²) in [6, 6.07) is 36.2. The summed E-state index contributed by atoms with van der Waals surface area (Å²) in [5.74, 6) is 1.32. The summed E-state index contributed by atoms with van der Waals surface area (Å²) < 4.78 is 64.1. The lowest BCUT2D eigenvalue weighted by atomic mass is 10.1. The highest BCUT2D eigenvalue weighted by atomic mass is 19.1. The summed E-state index contributed by atoms with van der Waals surface area (Å²) in [6.45, 7) is 23.2. The number of nitrogens with zero attached hydrogens (tertiary/aromatic N) is 15. The van der Waals surface area contributed by atoms with Crippen LogP contribution in [-0.2, 0) is 20.8 Å². The number of fused-ring (bicyclic) bond motifs is 3. The van der Waals surface area contributed by atoms with Crippen LogP contribution in [0.15, 0.2) is 184 Å². The van der Waals surface area contributed by atoms with Gasteiger partial charge in [0.2, 0.25) is 53.2 Å². The second kappa shape index (κ2) is 37.0. The number of aromatic amines is 3. The molecule has 0 atom stereocenters. The number of piperazine rings is 3. The van der Waals surface area contributed by atoms with Crippen molar-refractivity contribution in [3.63, 3.8) is 0 Å². The SMILES string of the molecule is C=CC(=O)Nc1cccc(Oc2nc(Nc3ccc(N4CCN(C)CC4)c(F)c3)nc3[nH]cc(CCN(C)C)c23)c1.C=CC(=O)Nc1cccc(Oc2nc(Nc3ccc(N4CCN(C)CC4)c(F)c3)nc3[nH]cc(N(C)C)c23)c1.C=CC(=O)Nc1cccc(Oc2nc(Nc3ccc(N4CCN(C)CC4)c(F)c3)nc3[nH]cc(N4CC4)c23)c1. The van der Waals surface area contributed by atoms with Crippen molar-refractivity contribution in [1.29, 1.82) is 0 Å². The molecule has 10 heterocycles. The first kappa shape index (κ1) is 81.8. The largest absolute Gasteiger partial charge is 0.438 e. The van der Waals surface area contributed by atoms with Gasteiger partial charge in [-0.05, 0) is 156 Å². The summed E-state index contributed by atoms with van der Waals surface area (Å²) in [6.07, 6.45) is 9.98. The number of aromatic nitrogens is 9. The predicted molar refractivity (Wildman–Crippen MR) is 465 cm³/mol. The number of H-pyrrole nitrogens is 3. The van der Waals surface area contributed by atoms with Gasteiger partial charge in [0.1, 0.15) is 62.4 Å². The lowest BCUT2D eigenvalue weighted by Gasteiger charge is -2.34. The number of benzene rings is 6. The maximum atomic E-state index is 15.2. The van der Waals surface area contributed by atoms with E-state index >= 15 is 13.2 Å². The summed E-state index contributed by atoms with van der Waals surface area (Å²) in [4.78, 5) is 91.8. The molecule has 0 aliphatic carbocycles. The molecule has 4 fully saturated rings. The molecule has 0 unspecified atom stereocenters. The smallest absolute Gasteiger partial charge is 0.247 e. The Morgan fingerprint density at radius 3 is 1.11 bits per heavy atom. The van der Waals surface area contributed by atoms with Crippen LogP contribution < -0.4 is 70.6 Å². The summed E-state index contributed by atoms with van der Waals surface area (Å²) >= 11 is 0. The van der Waals surface area contributed by atoms with E-state index in [0.717, 1.165) is 132 Å². The Balaban J connectivity index is 0.000000146. The average molecular weight is 1620 g/mol. The van der Waals surface area contributed by atoms with E-state index in [9.17, 15) is 14.4 Å². The lowest BCUT2D eigenvalue weighted by molar-refractivity contribution is -0.112. The van der Waals surface area contributed by atoms with Gasteiger partial charge >= 0.3 is 0 Å². The van der Waals surface area contributed by atoms with Crippen molar-refractivity contribution in [3.8, 4) is 34.9 Å². The molecule has 3 amide bonds. The minimum Gasteiger partial charge on any atom is -0.438 e. The second-order valence-electron chi connectivity index (χ2n) is 29.5. The van der Waals surface area contributed by atoms with Crippen LogP contribution in [0, 0.1) is 17.5 Å². The number of halogens is 3. The van der Waals surface area contributed by atoms with E-state index in [1.807, 2.05) is 69.9 Å². The molecule has 16 rings (SSSR count). The fourth-order valence-electron chi connectivity index (χ4n) is 13.7. The van der Waals surface area contributed by atoms with Crippen molar-refractivity contribution in [2.24, 2.45) is 0 Å². The molecule has 4 saturated heterocycles. The van der Waals surface area contributed by atoms with Crippen LogP contribution in [0.3, 0.4) is 0 Å². The van der Waals surface area contributed by atoms with Crippen molar-refractivity contribution >= 4 is 131 Å². The van der Waals surface area contributed by atoms with Gasteiger partial charge in [-0.25, -0.2) is 13.2 Å². The van der Waals surface area contributed by atoms with Gasteiger partial charge in [-0.15, -0.1) is 0 Å². The number of amides is 3. The van der Waals surface area contributed by atoms with Crippen LogP contribution in [0.4, 0.5) is 93.6 Å². The highest BCUT2D eigenvalue weighted by Gasteiger charge is 2.28. The Hall–Kier alpha value is -13.8. The van der Waals surface area contributed by atoms with E-state index in [4.69, 9.17) is 14.2 Å². The van der Waals surface area contributed by atoms with E-state index in [2.05, 4.69) is 157 Å². The normalized spacial score (nSPS) is 14.3. The Labute approximate surface area is 686 Å². The number of rotatable bonds is 26. The molecule has 30 nitrogen and oxygen atoms in total. The number of anilines is 14. The first-order chi connectivity index (χ1) is 57.5. The Kier molecular flexibility index (Phi) is 25.4. The van der Waals surface area contributed by atoms with E-state index in [-0.39, 0.29) is 53.0 Å². The quantitative estimate of drug-likeness (QED) is 0.0180. The molecule has 0 saturated carbocycles. The van der Waals surface area contributed by atoms with E-state index in [0.29, 0.717) is 108 Å². The fourth-order valence-corrected chi connectivity index (χ4v) is 13.7. The first-order valence-corrected chi connectivity index (χ1v) is 38.9. The monoisotopic (exact) mass is 1620 g/mol. The van der Waals surface area contributed by atoms with Gasteiger partial charge in [0.05, 0.1) is 33.8 Å². The number of carbonyl (C=O) groups is 3. The van der Waals surface area contributed by atoms with Gasteiger partial charge in [-0.1, -0.05) is 37.9 Å². The molecule has 6 aromatic carbocycles. The van der Waals surface area contributed by atoms with Gasteiger partial charge in [0.25, 0.3) is 0 Å². The minimum atomic E-state index is -0.325. The molecule has 0 radical (unpaired) electrons. The molecule has 119 heavy (non-hydrogen) atoms. The Morgan fingerprint density at radius 1 is 0.412 bits per heavy atom. The lowest BCUT2D eigenvalue weighted by Crippen LogP contribution is -2.44. The zero-order valence-corrected chi connectivity index (χ0v) is 67.3. The summed E-state index contributed by atoms with van der Waals surface area (Å²) in [5.41, 5.74) is 9.55. The maximum absolute atomic E-state index is 15.2. The average Bonchev–Trinajstić information content (AvgIpc) is 1.64. The van der Waals surface area contributed by atoms with Crippen molar-refractivity contribution < 1.29 is 41.8 Å². The van der Waals surface area contributed by atoms with Crippen LogP contribution in [0.5, 0.6) is 34.9 Å². The van der Waals surface area contributed by atoms with Gasteiger partial charge in [0.15, 0.2) is 0 Å². The molecule has 616 valence electrons. The molecule has 4 aliphatic heterocycles. The number of hydrogen-bond acceptors (Lipinski definition) is 24. The molecule has 0 bridgehead atoms. The van der Waals surface area contributed by atoms with Crippen molar-refractivity contribution in [1.82, 2.24) is 64.5 Å². The molecule has 33 heteroatoms. The molecule has 9 N–H and O–H groups in total. The van der Waals surface area contributed by atoms with Crippen LogP contribution in [0.2, 0.25) is 0 Å². The number of nitrogens with one attached hydrogen (secondary N) is 9. The zero-order chi connectivity index (χ0) is 83.4. The third-order valence-electron chi connectivity index (χ3n) is 20.3. The van der Waals surface area contributed by atoms with Crippen LogP contribution in [0.1, 0.15) is 5.56 Å². The van der Waals surface area contributed by atoms with Crippen LogP contribution in [-0.4, -0.2) is 230 Å². The topological polar surface area (TPSA) is 305 Å². The highest BCUT2D eigenvalue weighted by Crippen LogP contribution is 2.42. The molecule has 0 spiro atoms. The van der Waals surface area contributed by atoms with Gasteiger partial charge in [-0.3, -0.25) is 14.4 Å². The summed E-state index contributed by atoms with van der Waals surface area (Å²) in [5, 5.41) is 19.8. The first-order valence-electron chi connectivity index (χ1n) is 38.9. The molecule has 4 aliphatic rings. The standard InChI is InChI=1S/C30H35FN8O2.C28H29FN8O2.C28H31FN8O2/c1-5-26(40)33-21-7-6-8-23(17-21)41-29-27-20(11-12-37(2)3)19-32-28(27)35-30(36-29)34-22-9-10-25(24(31)18-22)39-15-13-38(4)14-16-39;1-3-24(38)31-18-5-4-6-20(15-18)39-27-25-23(37-13-14-37)17-30-26(25)33-28(34-27)32-19-7-8-22(21(29)16-19)36-11-9-35(2)10-12-36;1-5-24(38)31-18-7-6-8-20(15-18)39-27-25-23(35(2)3)17-30-26(25)33-28(34-27)32-19-9-10-22(21(29)16-19)37-13-11-36(4)12-14-37/h5-10,17-19H,1,11-16H2,2-4H3,(H,33,40)(H2,32,34,35,36);3-8,15-17H,1,9-14H2,2H3,(H,31,38)(H2,30,32,33,34);5-10,15-17H,1,11-14H2,2-4H3,(H,31,38)(H2,30,32,33,34). The van der Waals surface area contributed by atoms with Gasteiger partial charge in [-0.2, -0.15) is 29.9 Å². The fraction of sp³-hybridized carbons (Fsp3) is 0.267. The number of hydrogen-bond donors (Lipinski definition) is 9. The van der Waals surface area contributed by atoms with E-state index < -0.39 is 0 Å². The third-order valence-corrected chi connectivity index (χ3v) is 20.3. The highest BCUT2D eigenvalue weighted by molar-refractivity contribution is 6.01.